The minimum absolute atomic E-state index is 0.00620. The fourth-order valence-electron chi connectivity index (χ4n) is 10.9. The number of fused-ring (bicyclic) bond motifs is 4. The van der Waals surface area contributed by atoms with Crippen LogP contribution in [0.3, 0.4) is 0 Å². The van der Waals surface area contributed by atoms with Crippen LogP contribution < -0.4 is 14.5 Å². The van der Waals surface area contributed by atoms with Gasteiger partial charge in [0, 0.05) is 45.9 Å². The fraction of sp³-hybridized carbons (Fsp3) is 0.243. The lowest BCUT2D eigenvalue weighted by molar-refractivity contribution is 0.483. The molecule has 0 radical (unpaired) electrons. The van der Waals surface area contributed by atoms with Gasteiger partial charge in [0.05, 0.1) is 28.1 Å². The summed E-state index contributed by atoms with van der Waals surface area (Å²) in [5.74, 6) is 2.41. The molecular formula is C70H70N4O. The van der Waals surface area contributed by atoms with E-state index in [1.54, 1.807) is 0 Å². The number of aromatic nitrogens is 2. The predicted octanol–water partition coefficient (Wildman–Crippen LogP) is 19.4. The van der Waals surface area contributed by atoms with Crippen LogP contribution in [-0.4, -0.2) is 16.2 Å². The van der Waals surface area contributed by atoms with Crippen molar-refractivity contribution in [3.63, 3.8) is 0 Å². The molecule has 0 atom stereocenters. The van der Waals surface area contributed by atoms with Crippen LogP contribution in [0.25, 0.3) is 61.0 Å². The molecule has 5 nitrogen and oxygen atoms in total. The maximum atomic E-state index is 6.87. The SMILES string of the molecule is CC(C)(C)c1ccc(-n2c3ccccc3c3ccc(Oc4cccc(N5CN(c6c(-c7cc(C(C)(C)C)cc(C(C)(C)C)c7)cccc6-c6ccc(-c7ccccc7)c(C(C)(C)C)c6)c6ccccc65)c4)cc32)nc1. The van der Waals surface area contributed by atoms with Gasteiger partial charge in [-0.1, -0.05) is 204 Å². The zero-order valence-corrected chi connectivity index (χ0v) is 45.9. The predicted molar refractivity (Wildman–Crippen MR) is 318 cm³/mol. The third-order valence-electron chi connectivity index (χ3n) is 15.1. The van der Waals surface area contributed by atoms with Gasteiger partial charge < -0.3 is 14.5 Å². The largest absolute Gasteiger partial charge is 0.457 e. The minimum Gasteiger partial charge on any atom is -0.457 e. The summed E-state index contributed by atoms with van der Waals surface area (Å²) in [5.41, 5.74) is 19.0. The molecule has 3 heterocycles. The van der Waals surface area contributed by atoms with Gasteiger partial charge >= 0.3 is 0 Å². The monoisotopic (exact) mass is 983 g/mol. The Morgan fingerprint density at radius 3 is 1.68 bits per heavy atom. The molecule has 0 bridgehead atoms. The number of pyridine rings is 1. The number of para-hydroxylation sites is 4. The zero-order valence-electron chi connectivity index (χ0n) is 45.9. The van der Waals surface area contributed by atoms with Crippen LogP contribution in [0.2, 0.25) is 0 Å². The molecule has 2 aromatic heterocycles. The number of anilines is 4. The van der Waals surface area contributed by atoms with Crippen molar-refractivity contribution in [2.75, 3.05) is 16.5 Å². The van der Waals surface area contributed by atoms with Crippen molar-refractivity contribution in [2.45, 2.75) is 105 Å². The summed E-state index contributed by atoms with van der Waals surface area (Å²) in [6.45, 7) is 28.2. The summed E-state index contributed by atoms with van der Waals surface area (Å²) in [6, 6.07) is 68.9. The number of rotatable bonds is 8. The molecule has 11 rings (SSSR count). The van der Waals surface area contributed by atoms with E-state index in [0.717, 1.165) is 50.8 Å². The van der Waals surface area contributed by atoms with Gasteiger partial charge in [0.1, 0.15) is 24.0 Å². The Hall–Kier alpha value is -7.89. The van der Waals surface area contributed by atoms with Crippen molar-refractivity contribution in [2.24, 2.45) is 0 Å². The van der Waals surface area contributed by atoms with E-state index in [4.69, 9.17) is 9.72 Å². The van der Waals surface area contributed by atoms with Crippen LogP contribution in [0.4, 0.5) is 22.7 Å². The van der Waals surface area contributed by atoms with Crippen LogP contribution in [0.5, 0.6) is 11.5 Å². The maximum Gasteiger partial charge on any atom is 0.137 e. The van der Waals surface area contributed by atoms with Crippen molar-refractivity contribution in [1.29, 1.82) is 0 Å². The molecule has 10 aromatic rings. The first-order chi connectivity index (χ1) is 35.7. The molecule has 0 saturated carbocycles. The van der Waals surface area contributed by atoms with Gasteiger partial charge in [-0.25, -0.2) is 4.98 Å². The molecule has 0 spiro atoms. The normalized spacial score (nSPS) is 13.2. The van der Waals surface area contributed by atoms with Gasteiger partial charge in [0.25, 0.3) is 0 Å². The van der Waals surface area contributed by atoms with Gasteiger partial charge in [-0.15, -0.1) is 0 Å². The summed E-state index contributed by atoms with van der Waals surface area (Å²) < 4.78 is 9.13. The Bertz CT molecular complexity index is 3730. The molecule has 0 aliphatic carbocycles. The highest BCUT2D eigenvalue weighted by Crippen LogP contribution is 2.52. The Morgan fingerprint density at radius 2 is 1.01 bits per heavy atom. The molecule has 0 saturated heterocycles. The number of benzene rings is 8. The summed E-state index contributed by atoms with van der Waals surface area (Å²) in [7, 11) is 0. The first-order valence-corrected chi connectivity index (χ1v) is 26.6. The molecule has 8 aromatic carbocycles. The zero-order chi connectivity index (χ0) is 52.6. The minimum atomic E-state index is -0.106. The molecule has 1 aliphatic heterocycles. The van der Waals surface area contributed by atoms with E-state index in [0.29, 0.717) is 6.67 Å². The van der Waals surface area contributed by atoms with Gasteiger partial charge in [-0.2, -0.15) is 0 Å². The highest BCUT2D eigenvalue weighted by molar-refractivity contribution is 6.09. The molecule has 0 fully saturated rings. The summed E-state index contributed by atoms with van der Waals surface area (Å²) in [5, 5.41) is 2.34. The smallest absolute Gasteiger partial charge is 0.137 e. The second kappa shape index (κ2) is 18.5. The van der Waals surface area contributed by atoms with Gasteiger partial charge in [-0.05, 0) is 121 Å². The second-order valence-corrected chi connectivity index (χ2v) is 24.6. The maximum absolute atomic E-state index is 6.87. The number of nitrogens with zero attached hydrogens (tertiary/aromatic N) is 4. The molecule has 1 aliphatic rings. The lowest BCUT2D eigenvalue weighted by Gasteiger charge is -2.30. The Kier molecular flexibility index (Phi) is 12.2. The lowest BCUT2D eigenvalue weighted by atomic mass is 9.78. The first-order valence-electron chi connectivity index (χ1n) is 26.6. The summed E-state index contributed by atoms with van der Waals surface area (Å²) >= 11 is 0. The van der Waals surface area contributed by atoms with Crippen molar-refractivity contribution >= 4 is 44.6 Å². The Labute approximate surface area is 445 Å². The van der Waals surface area contributed by atoms with E-state index in [9.17, 15) is 0 Å². The van der Waals surface area contributed by atoms with E-state index in [1.807, 2.05) is 6.20 Å². The highest BCUT2D eigenvalue weighted by atomic mass is 16.5. The van der Waals surface area contributed by atoms with Crippen LogP contribution in [0.15, 0.2) is 194 Å². The van der Waals surface area contributed by atoms with Crippen LogP contribution in [0, 0.1) is 0 Å². The van der Waals surface area contributed by atoms with E-state index in [1.165, 1.54) is 66.7 Å². The number of hydrogen-bond acceptors (Lipinski definition) is 4. The quantitative estimate of drug-likeness (QED) is 0.152. The first kappa shape index (κ1) is 49.3. The Balaban J connectivity index is 1.03. The molecule has 376 valence electrons. The van der Waals surface area contributed by atoms with Crippen molar-refractivity contribution < 1.29 is 4.74 Å². The van der Waals surface area contributed by atoms with Crippen LogP contribution >= 0.6 is 0 Å². The third kappa shape index (κ3) is 9.39. The van der Waals surface area contributed by atoms with E-state index in [-0.39, 0.29) is 21.7 Å². The fourth-order valence-corrected chi connectivity index (χ4v) is 10.9. The van der Waals surface area contributed by atoms with Gasteiger partial charge in [-0.3, -0.25) is 4.57 Å². The van der Waals surface area contributed by atoms with Crippen molar-refractivity contribution in [1.82, 2.24) is 9.55 Å². The van der Waals surface area contributed by atoms with Crippen LogP contribution in [-0.2, 0) is 21.7 Å². The molecular weight excluding hydrogens is 913 g/mol. The van der Waals surface area contributed by atoms with Crippen LogP contribution in [0.1, 0.15) is 105 Å². The van der Waals surface area contributed by atoms with E-state index >= 15 is 0 Å². The standard InChI is InChI=1S/C70H70N4O/c1-67(2,3)49-33-37-65(71-44-49)74-61-29-17-16-26-58(61)59-36-34-54(43-64(59)74)75-53-25-20-24-52(42-53)72-45-73(63-31-19-18-30-62(63)72)66-56(47-32-35-55(46-22-14-13-15-23-46)60(40-47)70(10,11)12)27-21-28-57(66)48-38-50(68(4,5)6)41-51(39-48)69(7,8)9/h13-44H,45H2,1-12H3. The number of hydrogen-bond donors (Lipinski definition) is 0. The molecule has 0 unspecified atom stereocenters. The van der Waals surface area contributed by atoms with E-state index in [2.05, 4.69) is 286 Å². The third-order valence-corrected chi connectivity index (χ3v) is 15.1. The molecule has 0 N–H and O–H groups in total. The van der Waals surface area contributed by atoms with Gasteiger partial charge in [0.2, 0.25) is 0 Å². The topological polar surface area (TPSA) is 33.5 Å². The van der Waals surface area contributed by atoms with Gasteiger partial charge in [0.15, 0.2) is 0 Å². The van der Waals surface area contributed by atoms with E-state index < -0.39 is 0 Å². The molecule has 5 heteroatoms. The van der Waals surface area contributed by atoms with Crippen molar-refractivity contribution in [3.8, 4) is 50.7 Å². The second-order valence-electron chi connectivity index (χ2n) is 24.6. The number of ether oxygens (including phenoxy) is 1. The van der Waals surface area contributed by atoms with Crippen molar-refractivity contribution in [3.05, 3.63) is 217 Å². The molecule has 75 heavy (non-hydrogen) atoms. The average molecular weight is 983 g/mol. The average Bonchev–Trinajstić information content (AvgIpc) is 3.98. The molecule has 0 amide bonds. The Morgan fingerprint density at radius 1 is 0.400 bits per heavy atom. The highest BCUT2D eigenvalue weighted by Gasteiger charge is 2.33. The lowest BCUT2D eigenvalue weighted by Crippen LogP contribution is -2.25. The summed E-state index contributed by atoms with van der Waals surface area (Å²) in [4.78, 5) is 10.00. The summed E-state index contributed by atoms with van der Waals surface area (Å²) in [6.07, 6.45) is 2.01.